The van der Waals surface area contributed by atoms with Gasteiger partial charge in [-0.3, -0.25) is 0 Å². The van der Waals surface area contributed by atoms with Crippen molar-refractivity contribution in [2.45, 2.75) is 13.0 Å². The molecule has 3 heterocycles. The number of hydrogen-bond acceptors (Lipinski definition) is 4. The number of hydrogen-bond donors (Lipinski definition) is 2. The highest BCUT2D eigenvalue weighted by molar-refractivity contribution is 5.47. The number of fused-ring (bicyclic) bond motifs is 1. The molecule has 0 aliphatic carbocycles. The molecule has 1 aromatic heterocycles. The molecule has 2 aliphatic rings. The molecule has 2 aliphatic heterocycles. The van der Waals surface area contributed by atoms with Gasteiger partial charge < -0.3 is 40.3 Å². The molecule has 0 aromatic carbocycles. The molecule has 1 unspecified atom stereocenters. The van der Waals surface area contributed by atoms with Crippen LogP contribution < -0.4 is 44.9 Å². The van der Waals surface area contributed by atoms with Crippen LogP contribution in [-0.2, 0) is 0 Å². The molecule has 5 nitrogen and oxygen atoms in total. The summed E-state index contributed by atoms with van der Waals surface area (Å²) in [5.41, 5.74) is 0. The van der Waals surface area contributed by atoms with Gasteiger partial charge in [0.15, 0.2) is 0 Å². The van der Waals surface area contributed by atoms with Crippen LogP contribution in [0.3, 0.4) is 0 Å². The van der Waals surface area contributed by atoms with E-state index in [4.69, 9.17) is 0 Å². The fraction of sp³-hybridized carbons (Fsp3) is 0.636. The fourth-order valence-corrected chi connectivity index (χ4v) is 2.33. The third-order valence-electron chi connectivity index (χ3n) is 3.35. The fourth-order valence-electron chi connectivity index (χ4n) is 2.33. The van der Waals surface area contributed by atoms with Crippen LogP contribution in [0.5, 0.6) is 0 Å². The zero-order chi connectivity index (χ0) is 11.0. The highest BCUT2D eigenvalue weighted by Gasteiger charge is 2.25. The van der Waals surface area contributed by atoms with Crippen LogP contribution in [0.15, 0.2) is 12.4 Å². The molecule has 0 bridgehead atoms. The first kappa shape index (κ1) is 15.3. The Balaban J connectivity index is 0.000000810. The van der Waals surface area contributed by atoms with Crippen LogP contribution in [0.1, 0.15) is 13.0 Å². The summed E-state index contributed by atoms with van der Waals surface area (Å²) in [6.45, 7) is 7.41. The normalized spacial score (nSPS) is 21.4. The summed E-state index contributed by atoms with van der Waals surface area (Å²) in [5, 5.41) is 6.76. The van der Waals surface area contributed by atoms with E-state index in [0.717, 1.165) is 38.5 Å². The summed E-state index contributed by atoms with van der Waals surface area (Å²) in [6.07, 6.45) is 1.96. The van der Waals surface area contributed by atoms with Crippen molar-refractivity contribution in [2.24, 2.45) is 0 Å². The Bertz CT molecular complexity index is 395. The summed E-state index contributed by atoms with van der Waals surface area (Å²) < 4.78 is 2.20. The van der Waals surface area contributed by atoms with Gasteiger partial charge in [0.1, 0.15) is 6.04 Å². The molecule has 1 atom stereocenters. The molecule has 1 saturated heterocycles. The van der Waals surface area contributed by atoms with Gasteiger partial charge in [0.2, 0.25) is 18.0 Å². The quantitative estimate of drug-likeness (QED) is 0.506. The molecular weight excluding hydrogens is 273 g/mol. The zero-order valence-corrected chi connectivity index (χ0v) is 11.9. The van der Waals surface area contributed by atoms with Crippen LogP contribution in [0.2, 0.25) is 0 Å². The van der Waals surface area contributed by atoms with Gasteiger partial charge in [0.25, 0.3) is 0 Å². The minimum Gasteiger partial charge on any atom is -1.00 e. The largest absolute Gasteiger partial charge is 1.00 e. The third-order valence-corrected chi connectivity index (χ3v) is 3.35. The first-order chi connectivity index (χ1) is 7.84. The Morgan fingerprint density at radius 1 is 1.33 bits per heavy atom. The first-order valence-corrected chi connectivity index (χ1v) is 5.95. The van der Waals surface area contributed by atoms with Crippen molar-refractivity contribution in [1.82, 2.24) is 10.3 Å². The predicted octanol–water partition coefficient (Wildman–Crippen LogP) is -6.23. The van der Waals surface area contributed by atoms with Gasteiger partial charge in [-0.15, -0.1) is 0 Å². The summed E-state index contributed by atoms with van der Waals surface area (Å²) in [5.74, 6) is 2.28. The standard InChI is InChI=1S/C11H17N5.2ClH/c1-9-7-13-11-6-10(14-8-16(9)11)15-4-2-12-3-5-15;;/h6,8-9,12H,2-5,7H2,1H3;2*1H/p-1. The van der Waals surface area contributed by atoms with Crippen molar-refractivity contribution >= 4 is 11.6 Å². The second kappa shape index (κ2) is 6.41. The van der Waals surface area contributed by atoms with Gasteiger partial charge in [0.05, 0.1) is 12.6 Å². The number of anilines is 2. The van der Waals surface area contributed by atoms with Gasteiger partial charge in [-0.25, -0.2) is 4.57 Å². The maximum Gasteiger partial charge on any atom is 0.228 e. The molecular formula is C11H18Cl2N5-. The number of aromatic nitrogens is 2. The second-order valence-corrected chi connectivity index (χ2v) is 4.51. The van der Waals surface area contributed by atoms with E-state index in [-0.39, 0.29) is 24.8 Å². The van der Waals surface area contributed by atoms with Crippen LogP contribution in [0, 0.1) is 0 Å². The molecule has 0 spiro atoms. The number of piperazine rings is 1. The van der Waals surface area contributed by atoms with E-state index in [0.29, 0.717) is 6.04 Å². The SMILES string of the molecule is CC1CNc2cc(N3CCNCC3)nc[n+]21.[Cl-].[Cl-]. The second-order valence-electron chi connectivity index (χ2n) is 4.51. The Labute approximate surface area is 120 Å². The van der Waals surface area contributed by atoms with Crippen molar-refractivity contribution in [3.8, 4) is 0 Å². The lowest BCUT2D eigenvalue weighted by atomic mass is 10.3. The molecule has 0 saturated carbocycles. The Hall–Kier alpha value is -0.780. The van der Waals surface area contributed by atoms with E-state index in [1.807, 2.05) is 6.33 Å². The maximum absolute atomic E-state index is 4.55. The summed E-state index contributed by atoms with van der Waals surface area (Å²) in [4.78, 5) is 6.88. The molecule has 3 rings (SSSR count). The van der Waals surface area contributed by atoms with E-state index >= 15 is 0 Å². The number of nitrogens with zero attached hydrogens (tertiary/aromatic N) is 3. The summed E-state index contributed by atoms with van der Waals surface area (Å²) in [6, 6.07) is 2.68. The smallest absolute Gasteiger partial charge is 0.228 e. The monoisotopic (exact) mass is 290 g/mol. The van der Waals surface area contributed by atoms with Crippen molar-refractivity contribution in [2.75, 3.05) is 42.9 Å². The summed E-state index contributed by atoms with van der Waals surface area (Å²) in [7, 11) is 0. The van der Waals surface area contributed by atoms with Crippen LogP contribution in [-0.4, -0.2) is 37.7 Å². The van der Waals surface area contributed by atoms with Crippen molar-refractivity contribution in [3.05, 3.63) is 12.4 Å². The lowest BCUT2D eigenvalue weighted by Crippen LogP contribution is -3.00. The molecule has 2 N–H and O–H groups in total. The van der Waals surface area contributed by atoms with Gasteiger partial charge in [-0.2, -0.15) is 0 Å². The average Bonchev–Trinajstić information content (AvgIpc) is 2.72. The highest BCUT2D eigenvalue weighted by Crippen LogP contribution is 2.18. The topological polar surface area (TPSA) is 44.1 Å². The summed E-state index contributed by atoms with van der Waals surface area (Å²) >= 11 is 0. The van der Waals surface area contributed by atoms with Gasteiger partial charge in [0, 0.05) is 26.2 Å². The van der Waals surface area contributed by atoms with Crippen LogP contribution in [0.25, 0.3) is 0 Å². The lowest BCUT2D eigenvalue weighted by molar-refractivity contribution is -0.696. The number of halogens is 2. The van der Waals surface area contributed by atoms with Gasteiger partial charge in [-0.05, 0) is 6.92 Å². The third kappa shape index (κ3) is 2.79. The predicted molar refractivity (Wildman–Crippen MR) is 62.7 cm³/mol. The van der Waals surface area contributed by atoms with Crippen molar-refractivity contribution in [1.29, 1.82) is 0 Å². The molecule has 102 valence electrons. The average molecular weight is 291 g/mol. The first-order valence-electron chi connectivity index (χ1n) is 5.95. The lowest BCUT2D eigenvalue weighted by Gasteiger charge is -2.26. The van der Waals surface area contributed by atoms with E-state index < -0.39 is 0 Å². The van der Waals surface area contributed by atoms with E-state index in [9.17, 15) is 0 Å². The molecule has 7 heteroatoms. The molecule has 1 fully saturated rings. The minimum atomic E-state index is 0. The Morgan fingerprint density at radius 3 is 2.78 bits per heavy atom. The van der Waals surface area contributed by atoms with Crippen LogP contribution >= 0.6 is 0 Å². The molecule has 18 heavy (non-hydrogen) atoms. The number of rotatable bonds is 1. The molecule has 1 aromatic rings. The zero-order valence-electron chi connectivity index (χ0n) is 10.4. The van der Waals surface area contributed by atoms with E-state index in [1.165, 1.54) is 5.82 Å². The molecule has 0 radical (unpaired) electrons. The van der Waals surface area contributed by atoms with Crippen molar-refractivity contribution < 1.29 is 29.4 Å². The van der Waals surface area contributed by atoms with E-state index in [2.05, 4.69) is 38.1 Å². The highest BCUT2D eigenvalue weighted by atomic mass is 35.5. The Morgan fingerprint density at radius 2 is 2.06 bits per heavy atom. The molecule has 0 amide bonds. The Kier molecular flexibility index (Phi) is 5.44. The van der Waals surface area contributed by atoms with E-state index in [1.54, 1.807) is 0 Å². The van der Waals surface area contributed by atoms with Gasteiger partial charge >= 0.3 is 0 Å². The van der Waals surface area contributed by atoms with Crippen LogP contribution in [0.4, 0.5) is 11.6 Å². The van der Waals surface area contributed by atoms with Gasteiger partial charge in [-0.1, -0.05) is 4.98 Å². The minimum absolute atomic E-state index is 0. The maximum atomic E-state index is 4.55. The van der Waals surface area contributed by atoms with Crippen molar-refractivity contribution in [3.63, 3.8) is 0 Å². The number of nitrogens with one attached hydrogen (secondary N) is 2.